The number of allylic oxidation sites excluding steroid dienone is 1. The van der Waals surface area contributed by atoms with Crippen LogP contribution in [0, 0.1) is 17.1 Å². The summed E-state index contributed by atoms with van der Waals surface area (Å²) >= 11 is 1.26. The van der Waals surface area contributed by atoms with Gasteiger partial charge in [-0.25, -0.2) is 4.39 Å². The summed E-state index contributed by atoms with van der Waals surface area (Å²) in [5.74, 6) is 0.864. The number of benzene rings is 1. The van der Waals surface area contributed by atoms with Crippen LogP contribution in [0.2, 0.25) is 0 Å². The van der Waals surface area contributed by atoms with Crippen molar-refractivity contribution in [3.63, 3.8) is 0 Å². The maximum absolute atomic E-state index is 13.0. The molecule has 0 aliphatic heterocycles. The van der Waals surface area contributed by atoms with E-state index in [1.807, 2.05) is 10.6 Å². The molecule has 0 atom stereocenters. The highest BCUT2D eigenvalue weighted by molar-refractivity contribution is 7.99. The molecule has 0 bridgehead atoms. The molecule has 0 spiro atoms. The number of aromatic nitrogens is 3. The Kier molecular flexibility index (Phi) is 7.82. The van der Waals surface area contributed by atoms with E-state index in [1.165, 1.54) is 40.9 Å². The van der Waals surface area contributed by atoms with Gasteiger partial charge in [-0.2, -0.15) is 5.26 Å². The fourth-order valence-electron chi connectivity index (χ4n) is 2.10. The lowest BCUT2D eigenvalue weighted by molar-refractivity contribution is -0.127. The summed E-state index contributed by atoms with van der Waals surface area (Å²) in [4.78, 5) is 13.6. The third kappa shape index (κ3) is 6.11. The average molecular weight is 389 g/mol. The number of thioether (sulfide) groups is 1. The van der Waals surface area contributed by atoms with Crippen LogP contribution < -0.4 is 4.74 Å². The van der Waals surface area contributed by atoms with Gasteiger partial charge in [0.05, 0.1) is 18.2 Å². The molecule has 2 rings (SSSR count). The Hall–Kier alpha value is -2.86. The molecule has 0 N–H and O–H groups in total. The van der Waals surface area contributed by atoms with Gasteiger partial charge in [0.1, 0.15) is 18.2 Å². The van der Waals surface area contributed by atoms with Crippen molar-refractivity contribution in [1.82, 2.24) is 19.7 Å². The van der Waals surface area contributed by atoms with Crippen molar-refractivity contribution in [2.45, 2.75) is 24.7 Å². The molecule has 1 amide bonds. The van der Waals surface area contributed by atoms with Crippen LogP contribution in [0.25, 0.3) is 0 Å². The Morgan fingerprint density at radius 1 is 1.44 bits per heavy atom. The molecule has 0 unspecified atom stereocenters. The Balaban J connectivity index is 1.99. The Bertz CT molecular complexity index is 816. The fourth-order valence-corrected chi connectivity index (χ4v) is 3.01. The second-order valence-corrected chi connectivity index (χ2v) is 6.50. The summed E-state index contributed by atoms with van der Waals surface area (Å²) in [6, 6.07) is 7.73. The molecule has 0 fully saturated rings. The first kappa shape index (κ1) is 20.5. The lowest BCUT2D eigenvalue weighted by atomic mass is 10.3. The standard InChI is InChI=1S/C18H20FN5O2S/c1-3-10-24-16(12-26-15-7-5-14(19)6-8-15)21-22-18(24)27-13-17(25)23(2)11-4-9-20/h3,5-8H,1,4,10-13H2,2H3. The monoisotopic (exact) mass is 389 g/mol. The summed E-state index contributed by atoms with van der Waals surface area (Å²) in [5.41, 5.74) is 0. The minimum Gasteiger partial charge on any atom is -0.486 e. The SMILES string of the molecule is C=CCn1c(COc2ccc(F)cc2)nnc1SCC(=O)N(C)CCC#N. The van der Waals surface area contributed by atoms with Gasteiger partial charge in [-0.05, 0) is 24.3 Å². The molecule has 0 aliphatic carbocycles. The Morgan fingerprint density at radius 3 is 2.85 bits per heavy atom. The minimum absolute atomic E-state index is 0.0903. The van der Waals surface area contributed by atoms with Crippen LogP contribution in [0.5, 0.6) is 5.75 Å². The fraction of sp³-hybridized carbons (Fsp3) is 0.333. The minimum atomic E-state index is -0.333. The van der Waals surface area contributed by atoms with Crippen LogP contribution in [0.1, 0.15) is 12.2 Å². The van der Waals surface area contributed by atoms with Gasteiger partial charge in [-0.15, -0.1) is 16.8 Å². The number of hydrogen-bond donors (Lipinski definition) is 0. The van der Waals surface area contributed by atoms with E-state index < -0.39 is 0 Å². The molecular weight excluding hydrogens is 369 g/mol. The van der Waals surface area contributed by atoms with Crippen molar-refractivity contribution in [3.05, 3.63) is 48.6 Å². The first-order valence-corrected chi connectivity index (χ1v) is 9.18. The van der Waals surface area contributed by atoms with Gasteiger partial charge < -0.3 is 9.64 Å². The molecule has 27 heavy (non-hydrogen) atoms. The molecular formula is C18H20FN5O2S. The molecule has 0 saturated carbocycles. The topological polar surface area (TPSA) is 84.0 Å². The molecule has 9 heteroatoms. The van der Waals surface area contributed by atoms with Crippen LogP contribution in [0.15, 0.2) is 42.1 Å². The van der Waals surface area contributed by atoms with Gasteiger partial charge >= 0.3 is 0 Å². The molecule has 7 nitrogen and oxygen atoms in total. The summed E-state index contributed by atoms with van der Waals surface area (Å²) in [5, 5.41) is 17.4. The van der Waals surface area contributed by atoms with Gasteiger partial charge in [-0.3, -0.25) is 9.36 Å². The van der Waals surface area contributed by atoms with Crippen molar-refractivity contribution in [2.24, 2.45) is 0 Å². The molecule has 1 heterocycles. The number of rotatable bonds is 10. The number of hydrogen-bond acceptors (Lipinski definition) is 6. The van der Waals surface area contributed by atoms with Crippen molar-refractivity contribution < 1.29 is 13.9 Å². The van der Waals surface area contributed by atoms with E-state index in [0.717, 1.165) is 0 Å². The zero-order chi connectivity index (χ0) is 19.6. The van der Waals surface area contributed by atoms with E-state index in [9.17, 15) is 9.18 Å². The number of carbonyl (C=O) groups is 1. The highest BCUT2D eigenvalue weighted by Gasteiger charge is 2.15. The number of amides is 1. The Labute approximate surface area is 161 Å². The van der Waals surface area contributed by atoms with Crippen LogP contribution in [-0.4, -0.2) is 44.9 Å². The molecule has 1 aromatic carbocycles. The lowest BCUT2D eigenvalue weighted by Crippen LogP contribution is -2.29. The van der Waals surface area contributed by atoms with Crippen molar-refractivity contribution in [3.8, 4) is 11.8 Å². The summed E-state index contributed by atoms with van der Waals surface area (Å²) < 4.78 is 20.4. The first-order valence-electron chi connectivity index (χ1n) is 8.20. The predicted octanol–water partition coefficient (Wildman–Crippen LogP) is 2.65. The number of nitriles is 1. The van der Waals surface area contributed by atoms with E-state index in [0.29, 0.717) is 36.2 Å². The largest absolute Gasteiger partial charge is 0.486 e. The third-order valence-corrected chi connectivity index (χ3v) is 4.55. The third-order valence-electron chi connectivity index (χ3n) is 3.60. The zero-order valence-corrected chi connectivity index (χ0v) is 15.8. The molecule has 0 aliphatic rings. The van der Waals surface area contributed by atoms with Crippen LogP contribution in [0.3, 0.4) is 0 Å². The highest BCUT2D eigenvalue weighted by atomic mass is 32.2. The summed E-state index contributed by atoms with van der Waals surface area (Å²) in [6.45, 7) is 4.75. The number of carbonyl (C=O) groups excluding carboxylic acids is 1. The quantitative estimate of drug-likeness (QED) is 0.459. The van der Waals surface area contributed by atoms with Crippen LogP contribution in [0.4, 0.5) is 4.39 Å². The van der Waals surface area contributed by atoms with E-state index in [-0.39, 0.29) is 24.1 Å². The van der Waals surface area contributed by atoms with Gasteiger partial charge in [0.25, 0.3) is 0 Å². The molecule has 1 aromatic heterocycles. The number of nitrogens with zero attached hydrogens (tertiary/aromatic N) is 5. The second-order valence-electron chi connectivity index (χ2n) is 5.55. The lowest BCUT2D eigenvalue weighted by Gasteiger charge is -2.15. The molecule has 142 valence electrons. The first-order chi connectivity index (χ1) is 13.0. The van der Waals surface area contributed by atoms with Crippen molar-refractivity contribution in [1.29, 1.82) is 5.26 Å². The van der Waals surface area contributed by atoms with Gasteiger partial charge in [0.15, 0.2) is 11.0 Å². The second kappa shape index (κ2) is 10.3. The number of ether oxygens (including phenoxy) is 1. The smallest absolute Gasteiger partial charge is 0.232 e. The predicted molar refractivity (Wildman–Crippen MR) is 99.5 cm³/mol. The molecule has 0 saturated heterocycles. The molecule has 0 radical (unpaired) electrons. The van der Waals surface area contributed by atoms with Gasteiger partial charge in [-0.1, -0.05) is 17.8 Å². The molecule has 2 aromatic rings. The van der Waals surface area contributed by atoms with E-state index in [1.54, 1.807) is 13.1 Å². The number of halogens is 1. The van der Waals surface area contributed by atoms with Gasteiger partial charge in [0.2, 0.25) is 5.91 Å². The van der Waals surface area contributed by atoms with Gasteiger partial charge in [0, 0.05) is 20.1 Å². The van der Waals surface area contributed by atoms with Crippen molar-refractivity contribution in [2.75, 3.05) is 19.3 Å². The average Bonchev–Trinajstić information content (AvgIpc) is 3.05. The van der Waals surface area contributed by atoms with E-state index >= 15 is 0 Å². The van der Waals surface area contributed by atoms with Crippen LogP contribution in [-0.2, 0) is 17.9 Å². The van der Waals surface area contributed by atoms with Crippen LogP contribution >= 0.6 is 11.8 Å². The highest BCUT2D eigenvalue weighted by Crippen LogP contribution is 2.19. The zero-order valence-electron chi connectivity index (χ0n) is 15.0. The maximum Gasteiger partial charge on any atom is 0.232 e. The summed E-state index contributed by atoms with van der Waals surface area (Å²) in [6.07, 6.45) is 2.00. The summed E-state index contributed by atoms with van der Waals surface area (Å²) in [7, 11) is 1.66. The maximum atomic E-state index is 13.0. The Morgan fingerprint density at radius 2 is 2.19 bits per heavy atom. The van der Waals surface area contributed by atoms with E-state index in [2.05, 4.69) is 16.8 Å². The van der Waals surface area contributed by atoms with E-state index in [4.69, 9.17) is 10.00 Å². The van der Waals surface area contributed by atoms with Crippen molar-refractivity contribution >= 4 is 17.7 Å². The normalized spacial score (nSPS) is 10.3.